The van der Waals surface area contributed by atoms with Crippen molar-refractivity contribution in [3.63, 3.8) is 0 Å². The normalized spacial score (nSPS) is 21.9. The summed E-state index contributed by atoms with van der Waals surface area (Å²) in [6, 6.07) is 13.7. The second-order valence-electron chi connectivity index (χ2n) is 9.67. The highest BCUT2D eigenvalue weighted by Crippen LogP contribution is 2.56. The fourth-order valence-electron chi connectivity index (χ4n) is 4.78. The van der Waals surface area contributed by atoms with Crippen LogP contribution >= 0.6 is 11.6 Å². The molecule has 3 rings (SSSR count). The van der Waals surface area contributed by atoms with E-state index >= 15 is 0 Å². The van der Waals surface area contributed by atoms with Gasteiger partial charge >= 0.3 is 0 Å². The first-order valence-electron chi connectivity index (χ1n) is 10.3. The number of nitrogens with one attached hydrogen (secondary N) is 1. The highest BCUT2D eigenvalue weighted by atomic mass is 35.5. The van der Waals surface area contributed by atoms with Crippen LogP contribution in [0.1, 0.15) is 58.6 Å². The molecule has 1 aliphatic carbocycles. The number of ether oxygens (including phenoxy) is 1. The Hall–Kier alpha value is -2.07. The van der Waals surface area contributed by atoms with Gasteiger partial charge in [0.25, 0.3) is 0 Å². The van der Waals surface area contributed by atoms with Crippen LogP contribution < -0.4 is 9.46 Å². The van der Waals surface area contributed by atoms with Crippen LogP contribution in [0.4, 0.5) is 0 Å². The van der Waals surface area contributed by atoms with Gasteiger partial charge in [-0.25, -0.2) is 13.1 Å². The molecule has 1 saturated carbocycles. The average molecular weight is 461 g/mol. The molecule has 0 aromatic heterocycles. The lowest BCUT2D eigenvalue weighted by Crippen LogP contribution is -2.74. The van der Waals surface area contributed by atoms with Crippen LogP contribution in [0.25, 0.3) is 0 Å². The molecule has 0 heterocycles. The largest absolute Gasteiger partial charge is 0.489 e. The van der Waals surface area contributed by atoms with Crippen molar-refractivity contribution in [1.29, 1.82) is 5.26 Å². The number of hydrogen-bond donors (Lipinski definition) is 1. The molecule has 1 aliphatic rings. The first kappa shape index (κ1) is 23.6. The van der Waals surface area contributed by atoms with Gasteiger partial charge in [-0.2, -0.15) is 5.26 Å². The molecule has 0 aliphatic heterocycles. The molecule has 0 saturated heterocycles. The van der Waals surface area contributed by atoms with Gasteiger partial charge in [0.1, 0.15) is 17.9 Å². The molecule has 1 fully saturated rings. The molecule has 0 amide bonds. The lowest BCUT2D eigenvalue weighted by atomic mass is 9.50. The van der Waals surface area contributed by atoms with E-state index in [0.717, 1.165) is 5.56 Å². The van der Waals surface area contributed by atoms with E-state index in [1.54, 1.807) is 30.3 Å². The Morgan fingerprint density at radius 2 is 1.65 bits per heavy atom. The maximum absolute atomic E-state index is 13.1. The fourth-order valence-corrected chi connectivity index (χ4v) is 6.54. The lowest BCUT2D eigenvalue weighted by Gasteiger charge is -2.62. The van der Waals surface area contributed by atoms with Crippen LogP contribution in [-0.4, -0.2) is 20.6 Å². The van der Waals surface area contributed by atoms with Crippen molar-refractivity contribution in [1.82, 2.24) is 4.72 Å². The maximum atomic E-state index is 13.1. The van der Waals surface area contributed by atoms with E-state index in [4.69, 9.17) is 21.6 Å². The smallest absolute Gasteiger partial charge is 0.240 e. The molecule has 1 N–H and O–H groups in total. The van der Waals surface area contributed by atoms with Crippen molar-refractivity contribution in [2.45, 2.75) is 64.5 Å². The summed E-state index contributed by atoms with van der Waals surface area (Å²) in [5.74, 6) is 0.892. The summed E-state index contributed by atoms with van der Waals surface area (Å²) in [5, 5.41) is 9.38. The summed E-state index contributed by atoms with van der Waals surface area (Å²) >= 11 is 6.14. The van der Waals surface area contributed by atoms with Crippen molar-refractivity contribution < 1.29 is 13.2 Å². The first-order chi connectivity index (χ1) is 14.3. The van der Waals surface area contributed by atoms with Gasteiger partial charge in [-0.15, -0.1) is 0 Å². The van der Waals surface area contributed by atoms with Crippen molar-refractivity contribution in [3.8, 4) is 11.8 Å². The number of sulfonamides is 1. The van der Waals surface area contributed by atoms with Crippen LogP contribution in [-0.2, 0) is 10.0 Å². The predicted octanol–water partition coefficient (Wildman–Crippen LogP) is 5.50. The summed E-state index contributed by atoms with van der Waals surface area (Å²) in [7, 11) is -3.68. The van der Waals surface area contributed by atoms with Crippen LogP contribution in [0, 0.1) is 22.2 Å². The standard InChI is InChI=1S/C24H29ClN2O3S/c1-15(2)16-8-11-19(12-9-16)31(28,29)27-21-23(3,4)22(24(21,5)6)30-18-10-7-17(14-26)20(25)13-18/h7-13,15,21-22,27H,1-6H3/t21-,22-. The molecular weight excluding hydrogens is 432 g/mol. The van der Waals surface area contributed by atoms with E-state index in [-0.39, 0.29) is 17.0 Å². The zero-order valence-corrected chi connectivity index (χ0v) is 20.3. The third kappa shape index (κ3) is 4.32. The number of benzene rings is 2. The van der Waals surface area contributed by atoms with Gasteiger partial charge in [0.05, 0.1) is 15.5 Å². The highest BCUT2D eigenvalue weighted by molar-refractivity contribution is 7.89. The second-order valence-corrected chi connectivity index (χ2v) is 11.8. The van der Waals surface area contributed by atoms with Crippen molar-refractivity contribution >= 4 is 21.6 Å². The monoisotopic (exact) mass is 460 g/mol. The summed E-state index contributed by atoms with van der Waals surface area (Å²) in [6.45, 7) is 12.1. The van der Waals surface area contributed by atoms with Crippen molar-refractivity contribution in [2.24, 2.45) is 10.8 Å². The Balaban J connectivity index is 1.80. The summed E-state index contributed by atoms with van der Waals surface area (Å²) < 4.78 is 35.3. The van der Waals surface area contributed by atoms with Crippen molar-refractivity contribution in [3.05, 3.63) is 58.6 Å². The van der Waals surface area contributed by atoms with Crippen LogP contribution in [0.15, 0.2) is 47.4 Å². The minimum absolute atomic E-state index is 0.250. The Morgan fingerprint density at radius 1 is 1.06 bits per heavy atom. The molecule has 2 aromatic carbocycles. The van der Waals surface area contributed by atoms with Gasteiger partial charge in [-0.3, -0.25) is 0 Å². The number of nitriles is 1. The van der Waals surface area contributed by atoms with Gasteiger partial charge < -0.3 is 4.74 Å². The second kappa shape index (κ2) is 8.12. The van der Waals surface area contributed by atoms with Gasteiger partial charge in [0.15, 0.2) is 0 Å². The molecule has 0 unspecified atom stereocenters. The third-order valence-corrected chi connectivity index (χ3v) is 8.04. The molecule has 7 heteroatoms. The van der Waals surface area contributed by atoms with Gasteiger partial charge in [0, 0.05) is 22.9 Å². The molecule has 0 atom stereocenters. The van der Waals surface area contributed by atoms with Crippen LogP contribution in [0.2, 0.25) is 5.02 Å². The van der Waals surface area contributed by atoms with Crippen LogP contribution in [0.5, 0.6) is 5.75 Å². The molecule has 166 valence electrons. The molecule has 31 heavy (non-hydrogen) atoms. The number of halogens is 1. The molecule has 5 nitrogen and oxygen atoms in total. The minimum Gasteiger partial charge on any atom is -0.489 e. The van der Waals surface area contributed by atoms with Gasteiger partial charge in [0.2, 0.25) is 10.0 Å². The number of hydrogen-bond acceptors (Lipinski definition) is 4. The van der Waals surface area contributed by atoms with E-state index in [1.165, 1.54) is 0 Å². The predicted molar refractivity (Wildman–Crippen MR) is 123 cm³/mol. The van der Waals surface area contributed by atoms with Gasteiger partial charge in [-0.05, 0) is 35.7 Å². The van der Waals surface area contributed by atoms with Crippen molar-refractivity contribution in [2.75, 3.05) is 0 Å². The molecular formula is C24H29ClN2O3S. The lowest BCUT2D eigenvalue weighted by molar-refractivity contribution is -0.161. The third-order valence-electron chi connectivity index (χ3n) is 6.28. The van der Waals surface area contributed by atoms with Gasteiger partial charge in [-0.1, -0.05) is 65.3 Å². The quantitative estimate of drug-likeness (QED) is 0.617. The molecule has 0 bridgehead atoms. The summed E-state index contributed by atoms with van der Waals surface area (Å²) in [5.41, 5.74) is 0.553. The molecule has 2 aromatic rings. The highest BCUT2D eigenvalue weighted by Gasteiger charge is 2.64. The van der Waals surface area contributed by atoms with E-state index in [9.17, 15) is 8.42 Å². The zero-order chi connectivity index (χ0) is 23.2. The first-order valence-corrected chi connectivity index (χ1v) is 12.2. The van der Waals surface area contributed by atoms with E-state index in [0.29, 0.717) is 22.3 Å². The Morgan fingerprint density at radius 3 is 2.13 bits per heavy atom. The Labute approximate surface area is 190 Å². The zero-order valence-electron chi connectivity index (χ0n) is 18.7. The van der Waals surface area contributed by atoms with Crippen LogP contribution in [0.3, 0.4) is 0 Å². The Bertz CT molecular complexity index is 1100. The Kier molecular flexibility index (Phi) is 6.18. The van der Waals surface area contributed by atoms with E-state index < -0.39 is 20.9 Å². The topological polar surface area (TPSA) is 79.2 Å². The summed E-state index contributed by atoms with van der Waals surface area (Å²) in [4.78, 5) is 0.256. The average Bonchev–Trinajstić information content (AvgIpc) is 2.70. The van der Waals surface area contributed by atoms with E-state index in [2.05, 4.69) is 18.6 Å². The fraction of sp³-hybridized carbons (Fsp3) is 0.458. The minimum atomic E-state index is -3.68. The maximum Gasteiger partial charge on any atom is 0.240 e. The molecule has 0 radical (unpaired) electrons. The van der Waals surface area contributed by atoms with E-state index in [1.807, 2.05) is 45.9 Å². The SMILES string of the molecule is CC(C)c1ccc(S(=O)(=O)N[C@H]2C(C)(C)[C@H](Oc3ccc(C#N)c(Cl)c3)C2(C)C)cc1. The molecule has 0 spiro atoms. The number of nitrogens with zero attached hydrogens (tertiary/aromatic N) is 1. The summed E-state index contributed by atoms with van der Waals surface area (Å²) in [6.07, 6.45) is -0.250. The number of rotatable bonds is 6.